The zero-order valence-electron chi connectivity index (χ0n) is 11.1. The van der Waals surface area contributed by atoms with Gasteiger partial charge in [-0.15, -0.1) is 0 Å². The van der Waals surface area contributed by atoms with Gasteiger partial charge < -0.3 is 15.0 Å². The number of nitrogens with one attached hydrogen (secondary N) is 1. The lowest BCUT2D eigenvalue weighted by atomic mass is 10.3. The van der Waals surface area contributed by atoms with Gasteiger partial charge in [-0.3, -0.25) is 9.59 Å². The quantitative estimate of drug-likeness (QED) is 0.873. The first-order chi connectivity index (χ1) is 9.65. The SMILES string of the molecule is O=C(COc1cccc(F)c1)NCC(=O)N1CCCC1. The van der Waals surface area contributed by atoms with Gasteiger partial charge in [0.1, 0.15) is 11.6 Å². The average molecular weight is 280 g/mol. The molecule has 0 aliphatic carbocycles. The van der Waals surface area contributed by atoms with Crippen LogP contribution < -0.4 is 10.1 Å². The van der Waals surface area contributed by atoms with Crippen LogP contribution in [0.4, 0.5) is 4.39 Å². The minimum absolute atomic E-state index is 0.0225. The monoisotopic (exact) mass is 280 g/mol. The summed E-state index contributed by atoms with van der Waals surface area (Å²) in [6.45, 7) is 1.26. The van der Waals surface area contributed by atoms with Crippen molar-refractivity contribution in [1.82, 2.24) is 10.2 Å². The molecule has 1 aliphatic rings. The number of nitrogens with zero attached hydrogens (tertiary/aromatic N) is 1. The number of halogens is 1. The van der Waals surface area contributed by atoms with Crippen molar-refractivity contribution in [3.8, 4) is 5.75 Å². The van der Waals surface area contributed by atoms with Crippen molar-refractivity contribution in [2.75, 3.05) is 26.2 Å². The second kappa shape index (κ2) is 6.88. The van der Waals surface area contributed by atoms with Gasteiger partial charge in [-0.25, -0.2) is 4.39 Å². The predicted octanol–water partition coefficient (Wildman–Crippen LogP) is 0.943. The van der Waals surface area contributed by atoms with Crippen molar-refractivity contribution < 1.29 is 18.7 Å². The Balaban J connectivity index is 1.69. The van der Waals surface area contributed by atoms with E-state index in [1.54, 1.807) is 11.0 Å². The molecule has 0 spiro atoms. The highest BCUT2D eigenvalue weighted by Gasteiger charge is 2.18. The second-order valence-corrected chi connectivity index (χ2v) is 4.61. The van der Waals surface area contributed by atoms with Gasteiger partial charge in [0.15, 0.2) is 6.61 Å². The molecule has 0 atom stereocenters. The molecule has 6 heteroatoms. The van der Waals surface area contributed by atoms with E-state index >= 15 is 0 Å². The molecule has 1 aromatic carbocycles. The topological polar surface area (TPSA) is 58.6 Å². The molecule has 5 nitrogen and oxygen atoms in total. The van der Waals surface area contributed by atoms with E-state index in [-0.39, 0.29) is 24.8 Å². The highest BCUT2D eigenvalue weighted by Crippen LogP contribution is 2.11. The minimum Gasteiger partial charge on any atom is -0.484 e. The van der Waals surface area contributed by atoms with Gasteiger partial charge in [-0.05, 0) is 25.0 Å². The van der Waals surface area contributed by atoms with Gasteiger partial charge in [0.05, 0.1) is 6.54 Å². The van der Waals surface area contributed by atoms with Crippen LogP contribution in [0.25, 0.3) is 0 Å². The van der Waals surface area contributed by atoms with E-state index in [2.05, 4.69) is 5.32 Å². The Hall–Kier alpha value is -2.11. The van der Waals surface area contributed by atoms with E-state index in [0.717, 1.165) is 25.9 Å². The molecule has 1 fully saturated rings. The summed E-state index contributed by atoms with van der Waals surface area (Å²) in [5.74, 6) is -0.624. The summed E-state index contributed by atoms with van der Waals surface area (Å²) in [7, 11) is 0. The van der Waals surface area contributed by atoms with Crippen molar-refractivity contribution in [1.29, 1.82) is 0 Å². The number of rotatable bonds is 5. The van der Waals surface area contributed by atoms with Crippen LogP contribution in [0.2, 0.25) is 0 Å². The first kappa shape index (κ1) is 14.3. The molecule has 0 unspecified atom stereocenters. The second-order valence-electron chi connectivity index (χ2n) is 4.61. The highest BCUT2D eigenvalue weighted by atomic mass is 19.1. The van der Waals surface area contributed by atoms with Crippen molar-refractivity contribution in [2.24, 2.45) is 0 Å². The molecule has 1 aromatic rings. The van der Waals surface area contributed by atoms with Crippen LogP contribution in [0.15, 0.2) is 24.3 Å². The van der Waals surface area contributed by atoms with Gasteiger partial charge in [0.25, 0.3) is 5.91 Å². The van der Waals surface area contributed by atoms with Crippen molar-refractivity contribution in [3.05, 3.63) is 30.1 Å². The summed E-state index contributed by atoms with van der Waals surface area (Å²) < 4.78 is 18.0. The third-order valence-electron chi connectivity index (χ3n) is 3.06. The molecule has 1 N–H and O–H groups in total. The van der Waals surface area contributed by atoms with Gasteiger partial charge >= 0.3 is 0 Å². The fourth-order valence-electron chi connectivity index (χ4n) is 2.01. The molecular formula is C14H17FN2O3. The number of hydrogen-bond acceptors (Lipinski definition) is 3. The maximum absolute atomic E-state index is 12.9. The van der Waals surface area contributed by atoms with Crippen LogP contribution in [-0.4, -0.2) is 43.0 Å². The smallest absolute Gasteiger partial charge is 0.258 e. The summed E-state index contributed by atoms with van der Waals surface area (Å²) in [4.78, 5) is 24.9. The standard InChI is InChI=1S/C14H17FN2O3/c15-11-4-3-5-12(8-11)20-10-13(18)16-9-14(19)17-6-1-2-7-17/h3-5,8H,1-2,6-7,9-10H2,(H,16,18). The van der Waals surface area contributed by atoms with Crippen molar-refractivity contribution in [2.45, 2.75) is 12.8 Å². The Labute approximate surface area is 116 Å². The summed E-state index contributed by atoms with van der Waals surface area (Å²) >= 11 is 0. The molecule has 0 saturated carbocycles. The van der Waals surface area contributed by atoms with Crippen LogP contribution in [0.1, 0.15) is 12.8 Å². The van der Waals surface area contributed by atoms with Crippen LogP contribution in [0.3, 0.4) is 0 Å². The van der Waals surface area contributed by atoms with Gasteiger partial charge in [-0.1, -0.05) is 6.07 Å². The molecule has 20 heavy (non-hydrogen) atoms. The fraction of sp³-hybridized carbons (Fsp3) is 0.429. The summed E-state index contributed by atoms with van der Waals surface area (Å²) in [6.07, 6.45) is 2.03. The van der Waals surface area contributed by atoms with Crippen LogP contribution in [-0.2, 0) is 9.59 Å². The van der Waals surface area contributed by atoms with E-state index in [4.69, 9.17) is 4.74 Å². The van der Waals surface area contributed by atoms with E-state index in [0.29, 0.717) is 0 Å². The third kappa shape index (κ3) is 4.22. The molecular weight excluding hydrogens is 263 g/mol. The number of ether oxygens (including phenoxy) is 1. The van der Waals surface area contributed by atoms with Crippen molar-refractivity contribution >= 4 is 11.8 Å². The number of carbonyl (C=O) groups is 2. The van der Waals surface area contributed by atoms with Crippen LogP contribution in [0.5, 0.6) is 5.75 Å². The number of carbonyl (C=O) groups excluding carboxylic acids is 2. The third-order valence-corrected chi connectivity index (χ3v) is 3.06. The van der Waals surface area contributed by atoms with Gasteiger partial charge in [0.2, 0.25) is 5.91 Å². The van der Waals surface area contributed by atoms with Crippen LogP contribution in [0, 0.1) is 5.82 Å². The van der Waals surface area contributed by atoms with Gasteiger partial charge in [-0.2, -0.15) is 0 Å². The summed E-state index contributed by atoms with van der Waals surface area (Å²) in [6, 6.07) is 5.55. The first-order valence-corrected chi connectivity index (χ1v) is 6.58. The summed E-state index contributed by atoms with van der Waals surface area (Å²) in [5, 5.41) is 2.50. The van der Waals surface area contributed by atoms with E-state index < -0.39 is 11.7 Å². The van der Waals surface area contributed by atoms with Crippen molar-refractivity contribution in [3.63, 3.8) is 0 Å². The molecule has 1 heterocycles. The van der Waals surface area contributed by atoms with E-state index in [1.807, 2.05) is 0 Å². The normalized spacial score (nSPS) is 14.2. The maximum atomic E-state index is 12.9. The molecule has 1 saturated heterocycles. The lowest BCUT2D eigenvalue weighted by Crippen LogP contribution is -2.40. The number of hydrogen-bond donors (Lipinski definition) is 1. The Morgan fingerprint density at radius 2 is 2.05 bits per heavy atom. The Morgan fingerprint density at radius 3 is 2.75 bits per heavy atom. The minimum atomic E-state index is -0.424. The molecule has 1 aliphatic heterocycles. The Kier molecular flexibility index (Phi) is 4.92. The van der Waals surface area contributed by atoms with Gasteiger partial charge in [0, 0.05) is 19.2 Å². The average Bonchev–Trinajstić information content (AvgIpc) is 2.97. The molecule has 0 aromatic heterocycles. The van der Waals surface area contributed by atoms with E-state index in [1.165, 1.54) is 18.2 Å². The largest absolute Gasteiger partial charge is 0.484 e. The zero-order valence-corrected chi connectivity index (χ0v) is 11.1. The van der Waals surface area contributed by atoms with E-state index in [9.17, 15) is 14.0 Å². The Morgan fingerprint density at radius 1 is 1.30 bits per heavy atom. The molecule has 2 rings (SSSR count). The molecule has 0 bridgehead atoms. The molecule has 108 valence electrons. The first-order valence-electron chi connectivity index (χ1n) is 6.58. The zero-order chi connectivity index (χ0) is 14.4. The fourth-order valence-corrected chi connectivity index (χ4v) is 2.01. The predicted molar refractivity (Wildman–Crippen MR) is 70.7 cm³/mol. The molecule has 0 radical (unpaired) electrons. The lowest BCUT2D eigenvalue weighted by molar-refractivity contribution is -0.132. The number of likely N-dealkylation sites (tertiary alicyclic amines) is 1. The number of amides is 2. The Bertz CT molecular complexity index is 487. The highest BCUT2D eigenvalue weighted by molar-refractivity contribution is 5.85. The van der Waals surface area contributed by atoms with Crippen LogP contribution >= 0.6 is 0 Å². The maximum Gasteiger partial charge on any atom is 0.258 e. The molecule has 2 amide bonds. The summed E-state index contributed by atoms with van der Waals surface area (Å²) in [5.41, 5.74) is 0. The lowest BCUT2D eigenvalue weighted by Gasteiger charge is -2.15. The number of benzene rings is 1.